The van der Waals surface area contributed by atoms with Gasteiger partial charge in [-0.2, -0.15) is 0 Å². The molecule has 158 valence electrons. The van der Waals surface area contributed by atoms with Crippen molar-refractivity contribution in [3.63, 3.8) is 0 Å². The van der Waals surface area contributed by atoms with Crippen LogP contribution in [0, 0.1) is 10.1 Å². The molecule has 1 aliphatic rings. The van der Waals surface area contributed by atoms with Gasteiger partial charge in [0.25, 0.3) is 5.69 Å². The van der Waals surface area contributed by atoms with Crippen molar-refractivity contribution in [1.29, 1.82) is 0 Å². The van der Waals surface area contributed by atoms with E-state index in [1.807, 2.05) is 24.3 Å². The molecule has 2 aromatic carbocycles. The highest BCUT2D eigenvalue weighted by Gasteiger charge is 2.26. The van der Waals surface area contributed by atoms with Crippen LogP contribution in [0.4, 0.5) is 17.1 Å². The van der Waals surface area contributed by atoms with Gasteiger partial charge in [-0.05, 0) is 44.2 Å². The van der Waals surface area contributed by atoms with Crippen LogP contribution in [-0.2, 0) is 4.79 Å². The van der Waals surface area contributed by atoms with Gasteiger partial charge in [0.1, 0.15) is 0 Å². The fourth-order valence-corrected chi connectivity index (χ4v) is 3.56. The molecular formula is C21H23ClN4O4. The Hall–Kier alpha value is -2.97. The summed E-state index contributed by atoms with van der Waals surface area (Å²) in [6.07, 6.45) is 0. The van der Waals surface area contributed by atoms with Gasteiger partial charge in [-0.25, -0.2) is 0 Å². The first-order valence-electron chi connectivity index (χ1n) is 9.61. The maximum atomic E-state index is 12.7. The number of ketones is 1. The van der Waals surface area contributed by atoms with E-state index in [1.54, 1.807) is 13.8 Å². The minimum Gasteiger partial charge on any atom is -0.369 e. The third-order valence-corrected chi connectivity index (χ3v) is 5.63. The molecule has 1 unspecified atom stereocenters. The highest BCUT2D eigenvalue weighted by molar-refractivity contribution is 6.33. The van der Waals surface area contributed by atoms with Crippen LogP contribution >= 0.6 is 11.6 Å². The highest BCUT2D eigenvalue weighted by Crippen LogP contribution is 2.27. The van der Waals surface area contributed by atoms with Gasteiger partial charge in [0.15, 0.2) is 5.78 Å². The zero-order chi connectivity index (χ0) is 21.8. The molecule has 1 atom stereocenters. The van der Waals surface area contributed by atoms with Gasteiger partial charge in [0, 0.05) is 49.6 Å². The third kappa shape index (κ3) is 4.95. The Morgan fingerprint density at radius 2 is 1.73 bits per heavy atom. The van der Waals surface area contributed by atoms with Crippen molar-refractivity contribution < 1.29 is 14.5 Å². The number of hydrogen-bond donors (Lipinski definition) is 1. The van der Waals surface area contributed by atoms with E-state index in [9.17, 15) is 19.7 Å². The Bertz CT molecular complexity index is 956. The zero-order valence-corrected chi connectivity index (χ0v) is 17.6. The Morgan fingerprint density at radius 3 is 2.30 bits per heavy atom. The van der Waals surface area contributed by atoms with Crippen LogP contribution in [0.3, 0.4) is 0 Å². The number of nitrogens with one attached hydrogen (secondary N) is 1. The van der Waals surface area contributed by atoms with Gasteiger partial charge < -0.3 is 10.2 Å². The number of Topliss-reactive ketones (excluding diaryl/α,β-unsaturated/α-hetero) is 1. The first kappa shape index (κ1) is 21.7. The molecular weight excluding hydrogens is 408 g/mol. The first-order valence-corrected chi connectivity index (χ1v) is 9.99. The van der Waals surface area contributed by atoms with E-state index >= 15 is 0 Å². The predicted octanol–water partition coefficient (Wildman–Crippen LogP) is 3.60. The van der Waals surface area contributed by atoms with Crippen molar-refractivity contribution >= 4 is 40.4 Å². The molecule has 0 aliphatic carbocycles. The van der Waals surface area contributed by atoms with Crippen LogP contribution in [0.1, 0.15) is 24.2 Å². The van der Waals surface area contributed by atoms with Crippen molar-refractivity contribution in [2.75, 3.05) is 36.4 Å². The van der Waals surface area contributed by atoms with Crippen molar-refractivity contribution in [1.82, 2.24) is 4.90 Å². The molecule has 0 spiro atoms. The van der Waals surface area contributed by atoms with Crippen molar-refractivity contribution in [3.8, 4) is 0 Å². The molecule has 30 heavy (non-hydrogen) atoms. The van der Waals surface area contributed by atoms with Crippen molar-refractivity contribution in [3.05, 3.63) is 63.2 Å². The summed E-state index contributed by atoms with van der Waals surface area (Å²) in [5, 5.41) is 13.9. The lowest BCUT2D eigenvalue weighted by Gasteiger charge is -2.38. The fourth-order valence-electron chi connectivity index (χ4n) is 3.40. The molecule has 0 radical (unpaired) electrons. The van der Waals surface area contributed by atoms with E-state index in [0.717, 1.165) is 18.8 Å². The Kier molecular flexibility index (Phi) is 6.69. The van der Waals surface area contributed by atoms with E-state index < -0.39 is 11.0 Å². The van der Waals surface area contributed by atoms with Crippen molar-refractivity contribution in [2.45, 2.75) is 19.9 Å². The number of piperazine rings is 1. The molecule has 1 amide bonds. The third-order valence-electron chi connectivity index (χ3n) is 5.30. The van der Waals surface area contributed by atoms with Crippen LogP contribution in [0.2, 0.25) is 5.02 Å². The normalized spacial score (nSPS) is 15.5. The van der Waals surface area contributed by atoms with Gasteiger partial charge in [-0.15, -0.1) is 0 Å². The van der Waals surface area contributed by atoms with E-state index in [2.05, 4.69) is 15.1 Å². The second kappa shape index (κ2) is 9.23. The Labute approximate surface area is 179 Å². The number of anilines is 2. The molecule has 9 heteroatoms. The number of nitrogens with zero attached hydrogens (tertiary/aromatic N) is 3. The fraction of sp³-hybridized carbons (Fsp3) is 0.333. The molecule has 1 fully saturated rings. The van der Waals surface area contributed by atoms with Crippen LogP contribution in [-0.4, -0.2) is 53.7 Å². The molecule has 1 heterocycles. The lowest BCUT2D eigenvalue weighted by Crippen LogP contribution is -2.52. The molecule has 0 bridgehead atoms. The smallest absolute Gasteiger partial charge is 0.271 e. The van der Waals surface area contributed by atoms with Gasteiger partial charge in [0.2, 0.25) is 5.91 Å². The monoisotopic (exact) mass is 430 g/mol. The molecule has 1 N–H and O–H groups in total. The van der Waals surface area contributed by atoms with Gasteiger partial charge in [0.05, 0.1) is 21.7 Å². The van der Waals surface area contributed by atoms with E-state index in [4.69, 9.17) is 11.6 Å². The largest absolute Gasteiger partial charge is 0.369 e. The minimum absolute atomic E-state index is 0.0371. The summed E-state index contributed by atoms with van der Waals surface area (Å²) in [5.74, 6) is -0.230. The number of carbonyl (C=O) groups excluding carboxylic acids is 2. The Balaban J connectivity index is 1.59. The lowest BCUT2D eigenvalue weighted by molar-refractivity contribution is -0.384. The van der Waals surface area contributed by atoms with Crippen LogP contribution in [0.15, 0.2) is 42.5 Å². The average Bonchev–Trinajstić information content (AvgIpc) is 2.74. The van der Waals surface area contributed by atoms with Crippen LogP contribution < -0.4 is 10.2 Å². The number of halogens is 1. The van der Waals surface area contributed by atoms with Crippen LogP contribution in [0.5, 0.6) is 0 Å². The zero-order valence-electron chi connectivity index (χ0n) is 16.8. The molecule has 1 aliphatic heterocycles. The molecule has 3 rings (SSSR count). The number of carbonyl (C=O) groups is 2. The molecule has 0 aromatic heterocycles. The summed E-state index contributed by atoms with van der Waals surface area (Å²) in [5.41, 5.74) is 1.82. The maximum Gasteiger partial charge on any atom is 0.271 e. The van der Waals surface area contributed by atoms with Crippen molar-refractivity contribution in [2.24, 2.45) is 0 Å². The molecule has 0 saturated carbocycles. The number of hydrogen-bond acceptors (Lipinski definition) is 6. The average molecular weight is 431 g/mol. The van der Waals surface area contributed by atoms with E-state index in [0.29, 0.717) is 18.7 Å². The summed E-state index contributed by atoms with van der Waals surface area (Å²) in [6.45, 7) is 6.21. The second-order valence-electron chi connectivity index (χ2n) is 7.21. The minimum atomic E-state index is -0.530. The van der Waals surface area contributed by atoms with Gasteiger partial charge in [-0.1, -0.05) is 11.6 Å². The Morgan fingerprint density at radius 1 is 1.10 bits per heavy atom. The van der Waals surface area contributed by atoms with Gasteiger partial charge in [-0.3, -0.25) is 24.6 Å². The van der Waals surface area contributed by atoms with Crippen LogP contribution in [0.25, 0.3) is 0 Å². The summed E-state index contributed by atoms with van der Waals surface area (Å²) < 4.78 is 0. The number of nitro benzene ring substituents is 1. The number of rotatable bonds is 6. The predicted molar refractivity (Wildman–Crippen MR) is 116 cm³/mol. The number of nitro groups is 1. The summed E-state index contributed by atoms with van der Waals surface area (Å²) in [7, 11) is 0. The SMILES string of the molecule is CC(=O)c1ccc(N2CCN(C(C)C(=O)Nc3cc([N+](=O)[O-])ccc3Cl)CC2)cc1. The second-order valence-corrected chi connectivity index (χ2v) is 7.62. The van der Waals surface area contributed by atoms with Gasteiger partial charge >= 0.3 is 0 Å². The molecule has 2 aromatic rings. The number of benzene rings is 2. The lowest BCUT2D eigenvalue weighted by atomic mass is 10.1. The maximum absolute atomic E-state index is 12.7. The standard InChI is InChI=1S/C21H23ClN4O4/c1-14(21(28)23-20-13-18(26(29)30)7-8-19(20)22)24-9-11-25(12-10-24)17-5-3-16(4-6-17)15(2)27/h3-8,13-14H,9-12H2,1-2H3,(H,23,28). The summed E-state index contributed by atoms with van der Waals surface area (Å²) in [6, 6.07) is 11.1. The number of amides is 1. The first-order chi connectivity index (χ1) is 14.3. The van der Waals surface area contributed by atoms with E-state index in [1.165, 1.54) is 18.2 Å². The van der Waals surface area contributed by atoms with E-state index in [-0.39, 0.29) is 28.1 Å². The molecule has 1 saturated heterocycles. The summed E-state index contributed by atoms with van der Waals surface area (Å²) in [4.78, 5) is 38.8. The summed E-state index contributed by atoms with van der Waals surface area (Å²) >= 11 is 6.07. The number of non-ortho nitro benzene ring substituents is 1. The topological polar surface area (TPSA) is 95.8 Å². The quantitative estimate of drug-likeness (QED) is 0.427. The molecule has 8 nitrogen and oxygen atoms in total. The highest BCUT2D eigenvalue weighted by atomic mass is 35.5.